The monoisotopic (exact) mass is 353 g/mol. The molecule has 0 heterocycles. The Bertz CT molecular complexity index is 523. The molecule has 1 aromatic carbocycles. The topological polar surface area (TPSA) is 46.6 Å². The SMILES string of the molecule is CCOC(=O)CN(CC)C(=O)C1(c2ccc(Br)cc2)CC1. The molecular weight excluding hydrogens is 334 g/mol. The van der Waals surface area contributed by atoms with Gasteiger partial charge in [0.05, 0.1) is 12.0 Å². The highest BCUT2D eigenvalue weighted by atomic mass is 79.9. The molecule has 0 bridgehead atoms. The van der Waals surface area contributed by atoms with Crippen LogP contribution in [0.4, 0.5) is 0 Å². The number of esters is 1. The maximum atomic E-state index is 12.8. The highest BCUT2D eigenvalue weighted by Gasteiger charge is 2.52. The molecule has 0 radical (unpaired) electrons. The fourth-order valence-electron chi connectivity index (χ4n) is 2.51. The zero-order valence-electron chi connectivity index (χ0n) is 12.4. The Labute approximate surface area is 133 Å². The van der Waals surface area contributed by atoms with Gasteiger partial charge in [-0.15, -0.1) is 0 Å². The quantitative estimate of drug-likeness (QED) is 0.738. The number of hydrogen-bond donors (Lipinski definition) is 0. The summed E-state index contributed by atoms with van der Waals surface area (Å²) in [4.78, 5) is 26.0. The number of amides is 1. The third kappa shape index (κ3) is 3.46. The van der Waals surface area contributed by atoms with E-state index in [0.29, 0.717) is 13.2 Å². The van der Waals surface area contributed by atoms with E-state index in [9.17, 15) is 9.59 Å². The molecule has 0 aliphatic heterocycles. The minimum atomic E-state index is -0.441. The summed E-state index contributed by atoms with van der Waals surface area (Å²) in [5.74, 6) is -0.320. The molecule has 1 saturated carbocycles. The van der Waals surface area contributed by atoms with Crippen LogP contribution in [0.1, 0.15) is 32.3 Å². The van der Waals surface area contributed by atoms with Gasteiger partial charge in [0.2, 0.25) is 5.91 Å². The first kappa shape index (κ1) is 16.0. The number of likely N-dealkylation sites (N-methyl/N-ethyl adjacent to an activating group) is 1. The van der Waals surface area contributed by atoms with E-state index < -0.39 is 5.41 Å². The van der Waals surface area contributed by atoms with E-state index in [1.807, 2.05) is 31.2 Å². The Kier molecular flexibility index (Phi) is 5.04. The van der Waals surface area contributed by atoms with Crippen LogP contribution in [0.3, 0.4) is 0 Å². The lowest BCUT2D eigenvalue weighted by Gasteiger charge is -2.25. The van der Waals surface area contributed by atoms with Crippen LogP contribution in [0.25, 0.3) is 0 Å². The molecule has 0 saturated heterocycles. The minimum Gasteiger partial charge on any atom is -0.465 e. The summed E-state index contributed by atoms with van der Waals surface area (Å²) in [6.45, 7) is 4.52. The number of nitrogens with zero attached hydrogens (tertiary/aromatic N) is 1. The van der Waals surface area contributed by atoms with Gasteiger partial charge in [0.15, 0.2) is 0 Å². The Morgan fingerprint density at radius 2 is 1.86 bits per heavy atom. The van der Waals surface area contributed by atoms with Crippen molar-refractivity contribution >= 4 is 27.8 Å². The van der Waals surface area contributed by atoms with Gasteiger partial charge in [-0.2, -0.15) is 0 Å². The number of rotatable bonds is 6. The summed E-state index contributed by atoms with van der Waals surface area (Å²) < 4.78 is 5.93. The number of halogens is 1. The fourth-order valence-corrected chi connectivity index (χ4v) is 2.78. The van der Waals surface area contributed by atoms with Gasteiger partial charge in [0.25, 0.3) is 0 Å². The molecule has 5 heteroatoms. The molecule has 0 unspecified atom stereocenters. The number of hydrogen-bond acceptors (Lipinski definition) is 3. The standard InChI is InChI=1S/C16H20BrNO3/c1-3-18(11-14(19)21-4-2)15(20)16(9-10-16)12-5-7-13(17)8-6-12/h5-8H,3-4,9-11H2,1-2H3. The molecule has 4 nitrogen and oxygen atoms in total. The molecular formula is C16H20BrNO3. The van der Waals surface area contributed by atoms with Gasteiger partial charge in [-0.25, -0.2) is 0 Å². The number of ether oxygens (including phenoxy) is 1. The van der Waals surface area contributed by atoms with E-state index in [1.165, 1.54) is 0 Å². The van der Waals surface area contributed by atoms with Gasteiger partial charge in [0, 0.05) is 11.0 Å². The lowest BCUT2D eigenvalue weighted by atomic mass is 9.94. The first-order valence-corrected chi connectivity index (χ1v) is 8.04. The second kappa shape index (κ2) is 6.60. The number of carbonyl (C=O) groups excluding carboxylic acids is 2. The van der Waals surface area contributed by atoms with E-state index in [0.717, 1.165) is 22.9 Å². The molecule has 21 heavy (non-hydrogen) atoms. The Balaban J connectivity index is 2.13. The van der Waals surface area contributed by atoms with E-state index >= 15 is 0 Å². The van der Waals surface area contributed by atoms with E-state index in [1.54, 1.807) is 11.8 Å². The summed E-state index contributed by atoms with van der Waals surface area (Å²) in [6, 6.07) is 7.86. The van der Waals surface area contributed by atoms with Gasteiger partial charge in [-0.1, -0.05) is 28.1 Å². The third-order valence-electron chi connectivity index (χ3n) is 3.85. The van der Waals surface area contributed by atoms with Crippen molar-refractivity contribution in [3.63, 3.8) is 0 Å². The van der Waals surface area contributed by atoms with E-state index in [4.69, 9.17) is 4.74 Å². The van der Waals surface area contributed by atoms with Crippen molar-refractivity contribution in [1.29, 1.82) is 0 Å². The number of carbonyl (C=O) groups is 2. The summed E-state index contributed by atoms with van der Waals surface area (Å²) in [5, 5.41) is 0. The van der Waals surface area contributed by atoms with Crippen molar-refractivity contribution in [2.75, 3.05) is 19.7 Å². The van der Waals surface area contributed by atoms with Crippen molar-refractivity contribution in [2.45, 2.75) is 32.1 Å². The molecule has 0 N–H and O–H groups in total. The molecule has 1 amide bonds. The average molecular weight is 354 g/mol. The van der Waals surface area contributed by atoms with Crippen molar-refractivity contribution in [3.05, 3.63) is 34.3 Å². The summed E-state index contributed by atoms with van der Waals surface area (Å²) in [6.07, 6.45) is 1.68. The zero-order valence-corrected chi connectivity index (χ0v) is 14.0. The summed E-state index contributed by atoms with van der Waals surface area (Å²) in [5.41, 5.74) is 0.585. The van der Waals surface area contributed by atoms with Gasteiger partial charge >= 0.3 is 5.97 Å². The van der Waals surface area contributed by atoms with Crippen molar-refractivity contribution in [2.24, 2.45) is 0 Å². The molecule has 114 valence electrons. The van der Waals surface area contributed by atoms with E-state index in [2.05, 4.69) is 15.9 Å². The van der Waals surface area contributed by atoms with Crippen LogP contribution in [-0.2, 0) is 19.7 Å². The van der Waals surface area contributed by atoms with Crippen molar-refractivity contribution in [1.82, 2.24) is 4.90 Å². The minimum absolute atomic E-state index is 0.0281. The Morgan fingerprint density at radius 3 is 2.33 bits per heavy atom. The lowest BCUT2D eigenvalue weighted by molar-refractivity contribution is -0.149. The first-order valence-electron chi connectivity index (χ1n) is 7.24. The largest absolute Gasteiger partial charge is 0.465 e. The van der Waals surface area contributed by atoms with Crippen LogP contribution >= 0.6 is 15.9 Å². The van der Waals surface area contributed by atoms with Crippen LogP contribution in [0, 0.1) is 0 Å². The second-order valence-electron chi connectivity index (χ2n) is 5.21. The first-order chi connectivity index (χ1) is 10.0. The van der Waals surface area contributed by atoms with Crippen molar-refractivity contribution in [3.8, 4) is 0 Å². The van der Waals surface area contributed by atoms with Gasteiger partial charge in [-0.3, -0.25) is 9.59 Å². The zero-order chi connectivity index (χ0) is 15.5. The maximum absolute atomic E-state index is 12.8. The van der Waals surface area contributed by atoms with Crippen LogP contribution in [0.15, 0.2) is 28.7 Å². The second-order valence-corrected chi connectivity index (χ2v) is 6.13. The predicted molar refractivity (Wildman–Crippen MR) is 83.9 cm³/mol. The maximum Gasteiger partial charge on any atom is 0.325 e. The molecule has 1 fully saturated rings. The van der Waals surface area contributed by atoms with Crippen LogP contribution in [0.2, 0.25) is 0 Å². The predicted octanol–water partition coefficient (Wildman–Crippen LogP) is 2.89. The fraction of sp³-hybridized carbons (Fsp3) is 0.500. The van der Waals surface area contributed by atoms with Crippen LogP contribution < -0.4 is 0 Å². The summed E-state index contributed by atoms with van der Waals surface area (Å²) in [7, 11) is 0. The molecule has 1 aliphatic carbocycles. The Morgan fingerprint density at radius 1 is 1.24 bits per heavy atom. The molecule has 2 rings (SSSR count). The van der Waals surface area contributed by atoms with Crippen molar-refractivity contribution < 1.29 is 14.3 Å². The average Bonchev–Trinajstić information content (AvgIpc) is 3.27. The molecule has 1 aliphatic rings. The van der Waals surface area contributed by atoms with Gasteiger partial charge < -0.3 is 9.64 Å². The number of benzene rings is 1. The summed E-state index contributed by atoms with van der Waals surface area (Å²) >= 11 is 3.41. The highest BCUT2D eigenvalue weighted by molar-refractivity contribution is 9.10. The normalized spacial score (nSPS) is 15.4. The molecule has 0 atom stereocenters. The Hall–Kier alpha value is -1.36. The molecule has 0 spiro atoms. The molecule has 0 aromatic heterocycles. The third-order valence-corrected chi connectivity index (χ3v) is 4.38. The van der Waals surface area contributed by atoms with Crippen LogP contribution in [-0.4, -0.2) is 36.5 Å². The van der Waals surface area contributed by atoms with Gasteiger partial charge in [-0.05, 0) is 44.4 Å². The van der Waals surface area contributed by atoms with Gasteiger partial charge in [0.1, 0.15) is 6.54 Å². The molecule has 1 aromatic rings. The highest BCUT2D eigenvalue weighted by Crippen LogP contribution is 2.49. The van der Waals surface area contributed by atoms with E-state index in [-0.39, 0.29) is 18.4 Å². The van der Waals surface area contributed by atoms with Crippen LogP contribution in [0.5, 0.6) is 0 Å². The smallest absolute Gasteiger partial charge is 0.325 e. The lowest BCUT2D eigenvalue weighted by Crippen LogP contribution is -2.42.